The first-order chi connectivity index (χ1) is 14.2. The number of nitrogens with one attached hydrogen (secondary N) is 1. The minimum Gasteiger partial charge on any atom is -0.325 e. The summed E-state index contributed by atoms with van der Waals surface area (Å²) in [4.78, 5) is 13.0. The molecule has 6 heteroatoms. The smallest absolute Gasteiger partial charge is 0.228 e. The number of piperidine rings is 1. The second kappa shape index (κ2) is 9.31. The molecule has 0 radical (unpaired) electrons. The Kier molecular flexibility index (Phi) is 6.98. The predicted molar refractivity (Wildman–Crippen MR) is 122 cm³/mol. The fourth-order valence-electron chi connectivity index (χ4n) is 4.04. The number of aryl methyl sites for hydroxylation is 2. The number of anilines is 1. The first kappa shape index (κ1) is 22.5. The largest absolute Gasteiger partial charge is 0.325 e. The summed E-state index contributed by atoms with van der Waals surface area (Å²) in [5.41, 5.74) is 4.76. The molecule has 1 saturated heterocycles. The molecule has 1 heterocycles. The first-order valence-electron chi connectivity index (χ1n) is 10.6. The SMILES string of the molecule is Cc1ccccc1CS(=O)(=O)N1CCC[C@@H](C(=O)Nc2c(C)cccc2C(C)C)C1. The van der Waals surface area contributed by atoms with Gasteiger partial charge in [-0.05, 0) is 54.9 Å². The van der Waals surface area contributed by atoms with Gasteiger partial charge in [0.1, 0.15) is 0 Å². The van der Waals surface area contributed by atoms with E-state index in [9.17, 15) is 13.2 Å². The van der Waals surface area contributed by atoms with E-state index >= 15 is 0 Å². The van der Waals surface area contributed by atoms with E-state index in [1.54, 1.807) is 0 Å². The first-order valence-corrected chi connectivity index (χ1v) is 12.2. The number of carbonyl (C=O) groups excluding carboxylic acids is 1. The fourth-order valence-corrected chi connectivity index (χ4v) is 5.75. The highest BCUT2D eigenvalue weighted by Crippen LogP contribution is 2.29. The van der Waals surface area contributed by atoms with E-state index < -0.39 is 10.0 Å². The van der Waals surface area contributed by atoms with Crippen molar-refractivity contribution >= 4 is 21.6 Å². The molecular formula is C24H32N2O3S. The lowest BCUT2D eigenvalue weighted by Gasteiger charge is -2.31. The van der Waals surface area contributed by atoms with Crippen molar-refractivity contribution in [1.82, 2.24) is 4.31 Å². The second-order valence-electron chi connectivity index (χ2n) is 8.56. The van der Waals surface area contributed by atoms with Gasteiger partial charge in [-0.25, -0.2) is 12.7 Å². The van der Waals surface area contributed by atoms with Gasteiger partial charge in [0.05, 0.1) is 11.7 Å². The fraction of sp³-hybridized carbons (Fsp3) is 0.458. The van der Waals surface area contributed by atoms with E-state index in [0.29, 0.717) is 19.4 Å². The maximum Gasteiger partial charge on any atom is 0.228 e. The molecule has 162 valence electrons. The normalized spacial score (nSPS) is 17.8. The van der Waals surface area contributed by atoms with Gasteiger partial charge < -0.3 is 5.32 Å². The number of amides is 1. The zero-order valence-corrected chi connectivity index (χ0v) is 19.1. The van der Waals surface area contributed by atoms with E-state index in [0.717, 1.165) is 27.9 Å². The average Bonchev–Trinajstić information content (AvgIpc) is 2.71. The van der Waals surface area contributed by atoms with Crippen LogP contribution in [-0.4, -0.2) is 31.7 Å². The molecule has 1 aliphatic heterocycles. The lowest BCUT2D eigenvalue weighted by Crippen LogP contribution is -2.44. The quantitative estimate of drug-likeness (QED) is 0.731. The van der Waals surface area contributed by atoms with Crippen LogP contribution in [-0.2, 0) is 20.6 Å². The van der Waals surface area contributed by atoms with Gasteiger partial charge in [-0.1, -0.05) is 56.3 Å². The third-order valence-corrected chi connectivity index (χ3v) is 7.72. The summed E-state index contributed by atoms with van der Waals surface area (Å²) in [5.74, 6) is -0.173. The van der Waals surface area contributed by atoms with E-state index in [4.69, 9.17) is 0 Å². The molecule has 0 aromatic heterocycles. The van der Waals surface area contributed by atoms with E-state index in [1.807, 2.05) is 56.3 Å². The summed E-state index contributed by atoms with van der Waals surface area (Å²) in [6.45, 7) is 8.82. The average molecular weight is 429 g/mol. The highest BCUT2D eigenvalue weighted by atomic mass is 32.2. The van der Waals surface area contributed by atoms with E-state index in [1.165, 1.54) is 4.31 Å². The summed E-state index contributed by atoms with van der Waals surface area (Å²) >= 11 is 0. The van der Waals surface area contributed by atoms with Gasteiger partial charge in [-0.15, -0.1) is 0 Å². The topological polar surface area (TPSA) is 66.5 Å². The van der Waals surface area contributed by atoms with Crippen LogP contribution in [0.1, 0.15) is 54.9 Å². The minimum absolute atomic E-state index is 0.0245. The number of benzene rings is 2. The Morgan fingerprint density at radius 3 is 2.50 bits per heavy atom. The zero-order chi connectivity index (χ0) is 21.9. The summed E-state index contributed by atoms with van der Waals surface area (Å²) in [6, 6.07) is 13.6. The third kappa shape index (κ3) is 5.10. The van der Waals surface area contributed by atoms with E-state index in [2.05, 4.69) is 19.2 Å². The molecule has 0 spiro atoms. The molecule has 30 heavy (non-hydrogen) atoms. The van der Waals surface area contributed by atoms with Gasteiger partial charge in [-0.3, -0.25) is 4.79 Å². The number of hydrogen-bond donors (Lipinski definition) is 1. The molecule has 0 aliphatic carbocycles. The minimum atomic E-state index is -3.47. The molecule has 3 rings (SSSR count). The zero-order valence-electron chi connectivity index (χ0n) is 18.3. The number of hydrogen-bond acceptors (Lipinski definition) is 3. The highest BCUT2D eigenvalue weighted by Gasteiger charge is 2.33. The van der Waals surface area contributed by atoms with Gasteiger partial charge in [-0.2, -0.15) is 0 Å². The molecule has 1 fully saturated rings. The molecule has 5 nitrogen and oxygen atoms in total. The van der Waals surface area contributed by atoms with Crippen LogP contribution in [0.15, 0.2) is 42.5 Å². The Bertz CT molecular complexity index is 1010. The van der Waals surface area contributed by atoms with Crippen LogP contribution < -0.4 is 5.32 Å². The van der Waals surface area contributed by atoms with Gasteiger partial charge in [0.25, 0.3) is 0 Å². The molecule has 1 atom stereocenters. The van der Waals surface area contributed by atoms with Crippen molar-refractivity contribution in [1.29, 1.82) is 0 Å². The van der Waals surface area contributed by atoms with Gasteiger partial charge in [0, 0.05) is 18.8 Å². The van der Waals surface area contributed by atoms with Crippen molar-refractivity contribution in [2.75, 3.05) is 18.4 Å². The van der Waals surface area contributed by atoms with Crippen molar-refractivity contribution in [2.24, 2.45) is 5.92 Å². The van der Waals surface area contributed by atoms with Crippen LogP contribution in [0.25, 0.3) is 0 Å². The Balaban J connectivity index is 1.73. The Labute approximate surface area is 180 Å². The third-order valence-electron chi connectivity index (χ3n) is 5.92. The van der Waals surface area contributed by atoms with Crippen LogP contribution in [0.4, 0.5) is 5.69 Å². The van der Waals surface area contributed by atoms with Gasteiger partial charge in [0.15, 0.2) is 0 Å². The molecule has 1 amide bonds. The summed E-state index contributed by atoms with van der Waals surface area (Å²) < 4.78 is 27.5. The van der Waals surface area contributed by atoms with Crippen molar-refractivity contribution in [2.45, 2.75) is 52.2 Å². The lowest BCUT2D eigenvalue weighted by atomic mass is 9.95. The highest BCUT2D eigenvalue weighted by molar-refractivity contribution is 7.88. The molecule has 2 aromatic rings. The molecular weight excluding hydrogens is 396 g/mol. The maximum absolute atomic E-state index is 13.0. The van der Waals surface area contributed by atoms with Gasteiger partial charge in [0.2, 0.25) is 15.9 Å². The predicted octanol–water partition coefficient (Wildman–Crippen LogP) is 4.61. The lowest BCUT2D eigenvalue weighted by molar-refractivity contribution is -0.120. The van der Waals surface area contributed by atoms with Crippen LogP contribution in [0.5, 0.6) is 0 Å². The number of nitrogens with zero attached hydrogens (tertiary/aromatic N) is 1. The molecule has 2 aromatic carbocycles. The Morgan fingerprint density at radius 2 is 1.80 bits per heavy atom. The number of carbonyl (C=O) groups is 1. The molecule has 0 saturated carbocycles. The standard InChI is InChI=1S/C24H32N2O3S/c1-17(2)22-13-7-10-19(4)23(22)25-24(27)20-12-8-14-26(15-20)30(28,29)16-21-11-6-5-9-18(21)3/h5-7,9-11,13,17,20H,8,12,14-16H2,1-4H3,(H,25,27)/t20-/m1/s1. The molecule has 1 aliphatic rings. The van der Waals surface area contributed by atoms with Crippen molar-refractivity contribution in [3.63, 3.8) is 0 Å². The van der Waals surface area contributed by atoms with E-state index in [-0.39, 0.29) is 30.0 Å². The summed E-state index contributed by atoms with van der Waals surface area (Å²) in [5, 5.41) is 3.10. The Hall–Kier alpha value is -2.18. The Morgan fingerprint density at radius 1 is 1.10 bits per heavy atom. The number of sulfonamides is 1. The molecule has 1 N–H and O–H groups in total. The summed E-state index contributed by atoms with van der Waals surface area (Å²) in [6.07, 6.45) is 1.39. The van der Waals surface area contributed by atoms with Crippen LogP contribution >= 0.6 is 0 Å². The van der Waals surface area contributed by atoms with Crippen LogP contribution in [0.2, 0.25) is 0 Å². The summed E-state index contributed by atoms with van der Waals surface area (Å²) in [7, 11) is -3.47. The number of rotatable bonds is 6. The van der Waals surface area contributed by atoms with Crippen molar-refractivity contribution < 1.29 is 13.2 Å². The monoisotopic (exact) mass is 428 g/mol. The van der Waals surface area contributed by atoms with Crippen molar-refractivity contribution in [3.05, 3.63) is 64.7 Å². The second-order valence-corrected chi connectivity index (χ2v) is 10.5. The maximum atomic E-state index is 13.0. The van der Waals surface area contributed by atoms with Gasteiger partial charge >= 0.3 is 0 Å². The molecule has 0 bridgehead atoms. The van der Waals surface area contributed by atoms with Crippen LogP contribution in [0, 0.1) is 19.8 Å². The van der Waals surface area contributed by atoms with Crippen LogP contribution in [0.3, 0.4) is 0 Å². The van der Waals surface area contributed by atoms with Crippen molar-refractivity contribution in [3.8, 4) is 0 Å². The molecule has 0 unspecified atom stereocenters. The number of para-hydroxylation sites is 1.